The van der Waals surface area contributed by atoms with Crippen LogP contribution >= 0.6 is 0 Å². The van der Waals surface area contributed by atoms with Crippen molar-refractivity contribution in [3.05, 3.63) is 12.7 Å². The van der Waals surface area contributed by atoms with Gasteiger partial charge in [0, 0.05) is 0 Å². The fourth-order valence-electron chi connectivity index (χ4n) is 1.03. The lowest BCUT2D eigenvalue weighted by molar-refractivity contribution is -0.159. The lowest BCUT2D eigenvalue weighted by Crippen LogP contribution is -2.32. The summed E-state index contributed by atoms with van der Waals surface area (Å²) in [4.78, 5) is 21.9. The summed E-state index contributed by atoms with van der Waals surface area (Å²) in [5.74, 6) is -1.55. The first kappa shape index (κ1) is 12.2. The van der Waals surface area contributed by atoms with Gasteiger partial charge in [0.25, 0.3) is 5.91 Å². The molecule has 0 saturated heterocycles. The smallest absolute Gasteiger partial charge is 0.309 e. The molecule has 0 spiro atoms. The van der Waals surface area contributed by atoms with E-state index in [1.54, 1.807) is 0 Å². The van der Waals surface area contributed by atoms with E-state index >= 15 is 0 Å². The van der Waals surface area contributed by atoms with Crippen LogP contribution in [0.3, 0.4) is 0 Å². The molecular formula is C8H8F3N3O2. The number of hydrazone groups is 1. The van der Waals surface area contributed by atoms with Gasteiger partial charge in [-0.3, -0.25) is 9.59 Å². The van der Waals surface area contributed by atoms with Crippen LogP contribution in [-0.4, -0.2) is 35.4 Å². The normalized spacial score (nSPS) is 16.1. The Kier molecular flexibility index (Phi) is 3.31. The summed E-state index contributed by atoms with van der Waals surface area (Å²) in [5, 5.41) is 5.76. The molecule has 0 atom stereocenters. The monoisotopic (exact) mass is 235 g/mol. The molecule has 2 amide bonds. The number of amides is 2. The fraction of sp³-hybridized carbons (Fsp3) is 0.375. The largest absolute Gasteiger partial charge is 0.408 e. The number of hydrogen-bond acceptors (Lipinski definition) is 3. The van der Waals surface area contributed by atoms with E-state index in [2.05, 4.69) is 17.0 Å². The number of nitrogens with zero attached hydrogens (tertiary/aromatic N) is 2. The molecule has 0 aromatic heterocycles. The minimum atomic E-state index is -4.52. The van der Waals surface area contributed by atoms with Gasteiger partial charge in [0.2, 0.25) is 5.91 Å². The molecular weight excluding hydrogens is 227 g/mol. The van der Waals surface area contributed by atoms with Gasteiger partial charge < -0.3 is 5.32 Å². The van der Waals surface area contributed by atoms with Crippen LogP contribution in [0, 0.1) is 0 Å². The van der Waals surface area contributed by atoms with Gasteiger partial charge in [0.15, 0.2) is 0 Å². The predicted octanol–water partition coefficient (Wildman–Crippen LogP) is 0.397. The van der Waals surface area contributed by atoms with E-state index in [0.29, 0.717) is 0 Å². The highest BCUT2D eigenvalue weighted by atomic mass is 19.4. The Morgan fingerprint density at radius 2 is 2.25 bits per heavy atom. The molecule has 1 heterocycles. The fourth-order valence-corrected chi connectivity index (χ4v) is 1.03. The molecule has 1 rings (SSSR count). The third kappa shape index (κ3) is 3.37. The van der Waals surface area contributed by atoms with Gasteiger partial charge in [-0.05, 0) is 6.08 Å². The summed E-state index contributed by atoms with van der Waals surface area (Å²) in [6.07, 6.45) is -3.94. The maximum atomic E-state index is 12.0. The highest BCUT2D eigenvalue weighted by Gasteiger charge is 2.36. The van der Waals surface area contributed by atoms with Gasteiger partial charge in [0.05, 0.1) is 6.42 Å². The molecule has 1 aliphatic rings. The van der Waals surface area contributed by atoms with Crippen molar-refractivity contribution < 1.29 is 22.8 Å². The number of rotatable bonds is 2. The van der Waals surface area contributed by atoms with Crippen molar-refractivity contribution in [2.75, 3.05) is 6.54 Å². The molecule has 88 valence electrons. The van der Waals surface area contributed by atoms with E-state index in [9.17, 15) is 22.8 Å². The molecule has 0 aliphatic carbocycles. The highest BCUT2D eigenvalue weighted by molar-refractivity contribution is 6.11. The minimum absolute atomic E-state index is 0.112. The Hall–Kier alpha value is -1.86. The molecule has 0 aromatic rings. The van der Waals surface area contributed by atoms with Crippen molar-refractivity contribution in [3.8, 4) is 0 Å². The van der Waals surface area contributed by atoms with Crippen LogP contribution in [0.25, 0.3) is 0 Å². The zero-order valence-electron chi connectivity index (χ0n) is 8.04. The first-order chi connectivity index (χ1) is 7.31. The van der Waals surface area contributed by atoms with Crippen LogP contribution in [0.5, 0.6) is 0 Å². The van der Waals surface area contributed by atoms with E-state index in [1.165, 1.54) is 0 Å². The zero-order chi connectivity index (χ0) is 12.3. The Morgan fingerprint density at radius 1 is 1.62 bits per heavy atom. The van der Waals surface area contributed by atoms with Crippen molar-refractivity contribution in [2.45, 2.75) is 12.6 Å². The minimum Gasteiger partial charge on any atom is -0.309 e. The van der Waals surface area contributed by atoms with Crippen LogP contribution < -0.4 is 5.32 Å². The molecule has 5 nitrogen and oxygen atoms in total. The standard InChI is InChI=1S/C8H8F3N3O2/c1-2-6(15)12-5-3-7(16)14(13-5)4-8(9,10)11/h2H,1,3-4H2,(H,12,13,15). The Labute approximate surface area is 88.6 Å². The first-order valence-electron chi connectivity index (χ1n) is 4.20. The molecule has 0 bridgehead atoms. The van der Waals surface area contributed by atoms with Crippen LogP contribution in [0.1, 0.15) is 6.42 Å². The van der Waals surface area contributed by atoms with Crippen LogP contribution in [0.15, 0.2) is 17.8 Å². The maximum Gasteiger partial charge on any atom is 0.408 e. The summed E-state index contributed by atoms with van der Waals surface area (Å²) in [6, 6.07) is 0. The lowest BCUT2D eigenvalue weighted by Gasteiger charge is -2.13. The molecule has 1 N–H and O–H groups in total. The first-order valence-corrected chi connectivity index (χ1v) is 4.20. The van der Waals surface area contributed by atoms with Crippen LogP contribution in [0.2, 0.25) is 0 Å². The number of amidine groups is 1. The van der Waals surface area contributed by atoms with Crippen LogP contribution in [0.4, 0.5) is 13.2 Å². The van der Waals surface area contributed by atoms with Gasteiger partial charge in [-0.25, -0.2) is 5.01 Å². The SMILES string of the molecule is C=CC(=O)NC1=NN(CC(F)(F)F)C(=O)C1. The third-order valence-electron chi connectivity index (χ3n) is 1.63. The third-order valence-corrected chi connectivity index (χ3v) is 1.63. The van der Waals surface area contributed by atoms with E-state index in [1.807, 2.05) is 0 Å². The zero-order valence-corrected chi connectivity index (χ0v) is 8.04. The number of carbonyl (C=O) groups is 2. The lowest BCUT2D eigenvalue weighted by atomic mass is 10.3. The van der Waals surface area contributed by atoms with Crippen LogP contribution in [-0.2, 0) is 9.59 Å². The Balaban J connectivity index is 2.65. The molecule has 0 radical (unpaired) electrons. The summed E-state index contributed by atoms with van der Waals surface area (Å²) < 4.78 is 35.9. The number of hydrogen-bond donors (Lipinski definition) is 1. The van der Waals surface area contributed by atoms with E-state index in [4.69, 9.17) is 0 Å². The summed E-state index contributed by atoms with van der Waals surface area (Å²) >= 11 is 0. The van der Waals surface area contributed by atoms with Gasteiger partial charge >= 0.3 is 6.18 Å². The molecule has 0 unspecified atom stereocenters. The highest BCUT2D eigenvalue weighted by Crippen LogP contribution is 2.19. The second-order valence-corrected chi connectivity index (χ2v) is 2.98. The summed E-state index contributed by atoms with van der Waals surface area (Å²) in [7, 11) is 0. The Morgan fingerprint density at radius 3 is 2.75 bits per heavy atom. The van der Waals surface area contributed by atoms with Crippen molar-refractivity contribution in [2.24, 2.45) is 5.10 Å². The average molecular weight is 235 g/mol. The second kappa shape index (κ2) is 4.33. The van der Waals surface area contributed by atoms with Gasteiger partial charge in [-0.15, -0.1) is 0 Å². The summed E-state index contributed by atoms with van der Waals surface area (Å²) in [6.45, 7) is 1.70. The molecule has 0 fully saturated rings. The molecule has 0 aromatic carbocycles. The summed E-state index contributed by atoms with van der Waals surface area (Å²) in [5.41, 5.74) is 0. The molecule has 1 aliphatic heterocycles. The number of carbonyl (C=O) groups excluding carboxylic acids is 2. The van der Waals surface area contributed by atoms with E-state index in [0.717, 1.165) is 6.08 Å². The topological polar surface area (TPSA) is 61.8 Å². The quantitative estimate of drug-likeness (QED) is 0.704. The van der Waals surface area contributed by atoms with Crippen molar-refractivity contribution in [1.82, 2.24) is 10.3 Å². The van der Waals surface area contributed by atoms with Crippen molar-refractivity contribution in [1.29, 1.82) is 0 Å². The number of nitrogens with one attached hydrogen (secondary N) is 1. The van der Waals surface area contributed by atoms with Gasteiger partial charge in [0.1, 0.15) is 12.4 Å². The molecule has 8 heteroatoms. The van der Waals surface area contributed by atoms with E-state index in [-0.39, 0.29) is 17.3 Å². The van der Waals surface area contributed by atoms with Gasteiger partial charge in [-0.2, -0.15) is 18.3 Å². The van der Waals surface area contributed by atoms with E-state index < -0.39 is 24.5 Å². The maximum absolute atomic E-state index is 12.0. The van der Waals surface area contributed by atoms with Crippen molar-refractivity contribution >= 4 is 17.6 Å². The molecule has 16 heavy (non-hydrogen) atoms. The Bertz CT molecular complexity index is 362. The predicted molar refractivity (Wildman–Crippen MR) is 48.2 cm³/mol. The second-order valence-electron chi connectivity index (χ2n) is 2.98. The molecule has 0 saturated carbocycles. The van der Waals surface area contributed by atoms with Gasteiger partial charge in [-0.1, -0.05) is 6.58 Å². The average Bonchev–Trinajstić information content (AvgIpc) is 2.44. The number of halogens is 3. The van der Waals surface area contributed by atoms with Crippen molar-refractivity contribution in [3.63, 3.8) is 0 Å². The number of alkyl halides is 3.